The van der Waals surface area contributed by atoms with E-state index in [1.165, 1.54) is 7.05 Å². The molecular weight excluding hydrogens is 510 g/mol. The summed E-state index contributed by atoms with van der Waals surface area (Å²) in [5.41, 5.74) is 1.26. The van der Waals surface area contributed by atoms with E-state index in [-0.39, 0.29) is 23.8 Å². The minimum Gasteiger partial charge on any atom is -0.478 e. The van der Waals surface area contributed by atoms with Crippen molar-refractivity contribution < 1.29 is 14.3 Å². The Morgan fingerprint density at radius 2 is 2.00 bits per heavy atom. The summed E-state index contributed by atoms with van der Waals surface area (Å²) in [6, 6.07) is 7.38. The number of ether oxygens (including phenoxy) is 2. The smallest absolute Gasteiger partial charge is 0.293 e. The summed E-state index contributed by atoms with van der Waals surface area (Å²) in [5, 5.41) is 7.01. The molecule has 4 heterocycles. The molecule has 0 aliphatic carbocycles. The Kier molecular flexibility index (Phi) is 7.96. The van der Waals surface area contributed by atoms with Crippen molar-refractivity contribution in [3.05, 3.63) is 45.8 Å². The zero-order valence-corrected chi connectivity index (χ0v) is 22.3. The fourth-order valence-electron chi connectivity index (χ4n) is 4.48. The molecule has 0 saturated carbocycles. The normalized spacial score (nSPS) is 16.3. The lowest BCUT2D eigenvalue weighted by Gasteiger charge is -2.32. The van der Waals surface area contributed by atoms with E-state index in [4.69, 9.17) is 21.1 Å². The van der Waals surface area contributed by atoms with Crippen molar-refractivity contribution in [3.8, 4) is 5.75 Å². The number of pyridine rings is 1. The van der Waals surface area contributed by atoms with Crippen molar-refractivity contribution in [1.82, 2.24) is 24.8 Å². The first-order valence-corrected chi connectivity index (χ1v) is 13.1. The summed E-state index contributed by atoms with van der Waals surface area (Å²) in [6.07, 6.45) is 2.43. The fourth-order valence-corrected chi connectivity index (χ4v) is 4.62. The van der Waals surface area contributed by atoms with Crippen LogP contribution in [0.3, 0.4) is 0 Å². The Hall–Kier alpha value is -3.41. The van der Waals surface area contributed by atoms with Crippen molar-refractivity contribution in [2.24, 2.45) is 5.92 Å². The number of carbonyl (C=O) groups excluding carboxylic acids is 1. The Bertz CT molecular complexity index is 1370. The van der Waals surface area contributed by atoms with E-state index in [0.29, 0.717) is 42.5 Å². The molecular formula is C26H32ClN7O4. The zero-order chi connectivity index (χ0) is 26.6. The van der Waals surface area contributed by atoms with Crippen molar-refractivity contribution in [3.63, 3.8) is 0 Å². The van der Waals surface area contributed by atoms with Crippen LogP contribution in [0.1, 0.15) is 6.42 Å². The third-order valence-electron chi connectivity index (χ3n) is 6.95. The average molecular weight is 542 g/mol. The van der Waals surface area contributed by atoms with E-state index < -0.39 is 0 Å². The number of benzene rings is 1. The summed E-state index contributed by atoms with van der Waals surface area (Å²) in [6.45, 7) is 5.29. The monoisotopic (exact) mass is 541 g/mol. The molecule has 1 aromatic carbocycles. The van der Waals surface area contributed by atoms with Crippen LogP contribution in [0, 0.1) is 5.92 Å². The van der Waals surface area contributed by atoms with E-state index in [1.807, 2.05) is 18.2 Å². The highest BCUT2D eigenvalue weighted by atomic mass is 35.5. The first kappa shape index (κ1) is 26.2. The maximum Gasteiger partial charge on any atom is 0.293 e. The molecule has 12 heteroatoms. The molecule has 2 saturated heterocycles. The van der Waals surface area contributed by atoms with E-state index in [9.17, 15) is 9.59 Å². The highest BCUT2D eigenvalue weighted by Crippen LogP contribution is 2.28. The molecule has 2 aliphatic heterocycles. The van der Waals surface area contributed by atoms with Crippen molar-refractivity contribution in [1.29, 1.82) is 0 Å². The van der Waals surface area contributed by atoms with Gasteiger partial charge >= 0.3 is 0 Å². The molecule has 1 amide bonds. The number of anilines is 3. The number of halogens is 1. The van der Waals surface area contributed by atoms with Crippen LogP contribution in [0.25, 0.3) is 10.9 Å². The molecule has 2 fully saturated rings. The van der Waals surface area contributed by atoms with Crippen molar-refractivity contribution in [2.45, 2.75) is 13.0 Å². The predicted molar refractivity (Wildman–Crippen MR) is 147 cm³/mol. The second kappa shape index (κ2) is 11.5. The number of likely N-dealkylation sites (N-methyl/N-ethyl adjacent to an activating group) is 2. The number of nitrogens with zero attached hydrogens (tertiary/aromatic N) is 5. The van der Waals surface area contributed by atoms with Gasteiger partial charge in [-0.25, -0.2) is 4.98 Å². The second-order valence-electron chi connectivity index (χ2n) is 9.67. The Balaban J connectivity index is 1.44. The molecule has 2 N–H and O–H groups in total. The maximum absolute atomic E-state index is 13.2. The summed E-state index contributed by atoms with van der Waals surface area (Å²) >= 11 is 6.44. The maximum atomic E-state index is 13.2. The molecule has 0 bridgehead atoms. The topological polar surface area (TPSA) is 114 Å². The van der Waals surface area contributed by atoms with Gasteiger partial charge in [-0.05, 0) is 37.7 Å². The molecule has 0 atom stereocenters. The predicted octanol–water partition coefficient (Wildman–Crippen LogP) is 2.10. The number of nitrogens with one attached hydrogen (secondary N) is 2. The highest BCUT2D eigenvalue weighted by Gasteiger charge is 2.21. The lowest BCUT2D eigenvalue weighted by atomic mass is 10.0. The minimum absolute atomic E-state index is 0.125. The van der Waals surface area contributed by atoms with Gasteiger partial charge in [0.05, 0.1) is 24.9 Å². The molecule has 202 valence electrons. The second-order valence-corrected chi connectivity index (χ2v) is 10.1. The SMILES string of the molecule is CNC(=O)COc1cc2cc(Nc3nc(N4CCN(C)CC4)ncc3Cl)ccc2n(CCC2COC2)c1=O. The van der Waals surface area contributed by atoms with Gasteiger partial charge in [0.2, 0.25) is 5.95 Å². The number of hydrogen-bond donors (Lipinski definition) is 2. The van der Waals surface area contributed by atoms with Gasteiger partial charge in [0.1, 0.15) is 5.02 Å². The largest absolute Gasteiger partial charge is 0.478 e. The van der Waals surface area contributed by atoms with Crippen LogP contribution in [0.15, 0.2) is 35.3 Å². The fraction of sp³-hybridized carbons (Fsp3) is 0.462. The van der Waals surface area contributed by atoms with Gasteiger partial charge in [0.25, 0.3) is 11.5 Å². The van der Waals surface area contributed by atoms with Crippen molar-refractivity contribution in [2.75, 3.05) is 70.3 Å². The van der Waals surface area contributed by atoms with E-state index >= 15 is 0 Å². The van der Waals surface area contributed by atoms with E-state index in [1.54, 1.807) is 16.8 Å². The number of fused-ring (bicyclic) bond motifs is 1. The number of aryl methyl sites for hydroxylation is 1. The Morgan fingerprint density at radius 3 is 2.71 bits per heavy atom. The van der Waals surface area contributed by atoms with Crippen LogP contribution in [0.2, 0.25) is 5.02 Å². The molecule has 0 unspecified atom stereocenters. The van der Waals surface area contributed by atoms with Crippen LogP contribution in [0.4, 0.5) is 17.5 Å². The van der Waals surface area contributed by atoms with E-state index in [0.717, 1.165) is 49.2 Å². The van der Waals surface area contributed by atoms with Crippen molar-refractivity contribution >= 4 is 45.9 Å². The summed E-state index contributed by atoms with van der Waals surface area (Å²) in [7, 11) is 3.62. The number of piperazine rings is 1. The molecule has 2 aliphatic rings. The quantitative estimate of drug-likeness (QED) is 0.420. The molecule has 0 radical (unpaired) electrons. The van der Waals surface area contributed by atoms with E-state index in [2.05, 4.69) is 37.4 Å². The third kappa shape index (κ3) is 5.85. The Labute approximate surface area is 225 Å². The minimum atomic E-state index is -0.312. The van der Waals surface area contributed by atoms with Gasteiger partial charge in [-0.2, -0.15) is 4.98 Å². The third-order valence-corrected chi connectivity index (χ3v) is 7.22. The first-order valence-electron chi connectivity index (χ1n) is 12.7. The standard InChI is InChI=1S/C26H32ClN7O4/c1-28-23(35)16-38-22-12-18-11-19(3-4-21(18)34(25(22)36)6-5-17-14-37-15-17)30-24-20(27)13-29-26(31-24)33-9-7-32(2)8-10-33/h3-4,11-13,17H,5-10,14-16H2,1-2H3,(H,28,35)(H,29,30,31). The van der Waals surface area contributed by atoms with Gasteiger partial charge in [-0.15, -0.1) is 0 Å². The molecule has 2 aromatic heterocycles. The van der Waals surface area contributed by atoms with Gasteiger partial charge in [-0.3, -0.25) is 9.59 Å². The van der Waals surface area contributed by atoms with Gasteiger partial charge in [0, 0.05) is 56.8 Å². The van der Waals surface area contributed by atoms with Crippen LogP contribution in [0.5, 0.6) is 5.75 Å². The molecule has 11 nitrogen and oxygen atoms in total. The number of amides is 1. The summed E-state index contributed by atoms with van der Waals surface area (Å²) in [5.74, 6) is 1.38. The first-order chi connectivity index (χ1) is 18.4. The van der Waals surface area contributed by atoms with Crippen LogP contribution in [-0.4, -0.2) is 85.4 Å². The molecule has 0 spiro atoms. The summed E-state index contributed by atoms with van der Waals surface area (Å²) < 4.78 is 12.6. The lowest BCUT2D eigenvalue weighted by molar-refractivity contribution is -0.122. The molecule has 3 aromatic rings. The lowest BCUT2D eigenvalue weighted by Crippen LogP contribution is -2.45. The van der Waals surface area contributed by atoms with Crippen LogP contribution < -0.4 is 25.8 Å². The highest BCUT2D eigenvalue weighted by molar-refractivity contribution is 6.32. The number of aromatic nitrogens is 3. The van der Waals surface area contributed by atoms with Gasteiger partial charge < -0.3 is 34.5 Å². The average Bonchev–Trinajstić information content (AvgIpc) is 2.89. The van der Waals surface area contributed by atoms with Gasteiger partial charge in [0.15, 0.2) is 18.2 Å². The molecule has 38 heavy (non-hydrogen) atoms. The Morgan fingerprint density at radius 1 is 1.21 bits per heavy atom. The van der Waals surface area contributed by atoms with Crippen LogP contribution in [-0.2, 0) is 16.1 Å². The van der Waals surface area contributed by atoms with Gasteiger partial charge in [-0.1, -0.05) is 11.6 Å². The number of hydrogen-bond acceptors (Lipinski definition) is 9. The summed E-state index contributed by atoms with van der Waals surface area (Å²) in [4.78, 5) is 38.5. The zero-order valence-electron chi connectivity index (χ0n) is 21.6. The number of rotatable bonds is 9. The molecule has 5 rings (SSSR count). The number of carbonyl (C=O) groups is 1. The van der Waals surface area contributed by atoms with Crippen LogP contribution >= 0.6 is 11.6 Å².